The Kier molecular flexibility index (Phi) is 4.50. The molecule has 0 spiro atoms. The predicted molar refractivity (Wildman–Crippen MR) is 101 cm³/mol. The molecule has 1 heterocycles. The molecule has 3 fully saturated rings. The Hall–Kier alpha value is -1.75. The number of piperidine rings is 1. The molecular formula is C22H29NO4. The van der Waals surface area contributed by atoms with Gasteiger partial charge in [-0.15, -0.1) is 0 Å². The van der Waals surface area contributed by atoms with E-state index in [0.29, 0.717) is 24.0 Å². The Balaban J connectivity index is 1.27. The molecule has 1 aliphatic heterocycles. The number of carbonyl (C=O) groups is 1. The highest BCUT2D eigenvalue weighted by Crippen LogP contribution is 2.54. The van der Waals surface area contributed by atoms with Crippen molar-refractivity contribution < 1.29 is 19.0 Å². The standard InChI is InChI=1S/C22H29NO4/c24-21(25-13-15-4-5-15)27-14-26-17-7-6-16-11-20-18-3-1-2-8-22(18,9-10-23-20)19(16)12-17/h6-7,12,15,18,20,23H,1-5,8-11,13-14H2/t18-,20+,22+/m0/s1. The summed E-state index contributed by atoms with van der Waals surface area (Å²) in [4.78, 5) is 11.6. The molecule has 5 nitrogen and oxygen atoms in total. The van der Waals surface area contributed by atoms with Gasteiger partial charge in [0.2, 0.25) is 6.79 Å². The average Bonchev–Trinajstić information content (AvgIpc) is 3.51. The summed E-state index contributed by atoms with van der Waals surface area (Å²) in [7, 11) is 0. The number of rotatable bonds is 5. The van der Waals surface area contributed by atoms with Crippen molar-refractivity contribution in [3.8, 4) is 5.75 Å². The number of hydrogen-bond donors (Lipinski definition) is 1. The first kappa shape index (κ1) is 17.4. The molecule has 1 aromatic rings. The molecule has 27 heavy (non-hydrogen) atoms. The highest BCUT2D eigenvalue weighted by Gasteiger charge is 2.51. The van der Waals surface area contributed by atoms with Gasteiger partial charge in [-0.25, -0.2) is 4.79 Å². The molecule has 0 aromatic heterocycles. The minimum atomic E-state index is -0.632. The maximum atomic E-state index is 11.6. The van der Waals surface area contributed by atoms with Crippen LogP contribution >= 0.6 is 0 Å². The van der Waals surface area contributed by atoms with E-state index in [-0.39, 0.29) is 6.79 Å². The third-order valence-electron chi connectivity index (χ3n) is 7.15. The first-order valence-corrected chi connectivity index (χ1v) is 10.5. The van der Waals surface area contributed by atoms with Gasteiger partial charge >= 0.3 is 6.16 Å². The molecule has 4 aliphatic rings. The van der Waals surface area contributed by atoms with Gasteiger partial charge in [0.25, 0.3) is 0 Å². The van der Waals surface area contributed by atoms with E-state index in [0.717, 1.165) is 37.5 Å². The summed E-state index contributed by atoms with van der Waals surface area (Å²) in [6.07, 6.45) is 9.30. The Bertz CT molecular complexity index is 712. The number of carbonyl (C=O) groups excluding carboxylic acids is 1. The van der Waals surface area contributed by atoms with Crippen LogP contribution < -0.4 is 10.1 Å². The van der Waals surface area contributed by atoms with Crippen LogP contribution in [0.25, 0.3) is 0 Å². The quantitative estimate of drug-likeness (QED) is 0.628. The van der Waals surface area contributed by atoms with Crippen LogP contribution in [-0.4, -0.2) is 32.1 Å². The summed E-state index contributed by atoms with van der Waals surface area (Å²) < 4.78 is 15.9. The van der Waals surface area contributed by atoms with E-state index in [1.54, 1.807) is 0 Å². The van der Waals surface area contributed by atoms with Gasteiger partial charge in [0.15, 0.2) is 0 Å². The van der Waals surface area contributed by atoms with E-state index in [4.69, 9.17) is 14.2 Å². The van der Waals surface area contributed by atoms with Crippen molar-refractivity contribution in [2.45, 2.75) is 62.8 Å². The van der Waals surface area contributed by atoms with Crippen LogP contribution in [0.2, 0.25) is 0 Å². The van der Waals surface area contributed by atoms with E-state index in [2.05, 4.69) is 17.4 Å². The van der Waals surface area contributed by atoms with Gasteiger partial charge in [0.1, 0.15) is 5.75 Å². The Morgan fingerprint density at radius 2 is 2.07 bits per heavy atom. The molecule has 1 saturated heterocycles. The summed E-state index contributed by atoms with van der Waals surface area (Å²) in [5.41, 5.74) is 3.26. The monoisotopic (exact) mass is 371 g/mol. The summed E-state index contributed by atoms with van der Waals surface area (Å²) in [6, 6.07) is 7.06. The van der Waals surface area contributed by atoms with E-state index in [9.17, 15) is 4.79 Å². The number of benzene rings is 1. The molecule has 2 saturated carbocycles. The fourth-order valence-electron chi connectivity index (χ4n) is 5.65. The van der Waals surface area contributed by atoms with Crippen LogP contribution in [0, 0.1) is 11.8 Å². The van der Waals surface area contributed by atoms with E-state index < -0.39 is 6.16 Å². The largest absolute Gasteiger partial charge is 0.511 e. The van der Waals surface area contributed by atoms with Gasteiger partial charge in [-0.05, 0) is 80.2 Å². The smallest absolute Gasteiger partial charge is 0.457 e. The van der Waals surface area contributed by atoms with Crippen LogP contribution in [0.5, 0.6) is 5.75 Å². The zero-order valence-corrected chi connectivity index (χ0v) is 15.9. The van der Waals surface area contributed by atoms with Crippen molar-refractivity contribution in [1.29, 1.82) is 0 Å². The zero-order chi connectivity index (χ0) is 18.3. The van der Waals surface area contributed by atoms with Gasteiger partial charge < -0.3 is 19.5 Å². The third kappa shape index (κ3) is 3.31. The van der Waals surface area contributed by atoms with Gasteiger partial charge in [0, 0.05) is 11.5 Å². The Morgan fingerprint density at radius 3 is 2.96 bits per heavy atom. The highest BCUT2D eigenvalue weighted by atomic mass is 16.8. The Labute approximate surface area is 160 Å². The molecule has 3 aliphatic carbocycles. The first-order valence-electron chi connectivity index (χ1n) is 10.5. The maximum Gasteiger partial charge on any atom is 0.511 e. The van der Waals surface area contributed by atoms with Crippen molar-refractivity contribution in [3.63, 3.8) is 0 Å². The van der Waals surface area contributed by atoms with Gasteiger partial charge in [-0.1, -0.05) is 18.9 Å². The molecule has 0 unspecified atom stereocenters. The minimum absolute atomic E-state index is 0.0943. The van der Waals surface area contributed by atoms with E-state index in [1.807, 2.05) is 6.07 Å². The summed E-state index contributed by atoms with van der Waals surface area (Å²) in [5, 5.41) is 3.77. The molecule has 0 radical (unpaired) electrons. The number of ether oxygens (including phenoxy) is 3. The Morgan fingerprint density at radius 1 is 1.15 bits per heavy atom. The molecule has 3 atom stereocenters. The predicted octanol–water partition coefficient (Wildman–Crippen LogP) is 3.93. The lowest BCUT2D eigenvalue weighted by Crippen LogP contribution is -2.59. The topological polar surface area (TPSA) is 56.8 Å². The number of fused-ring (bicyclic) bond motifs is 1. The van der Waals surface area contributed by atoms with Gasteiger partial charge in [-0.3, -0.25) is 0 Å². The van der Waals surface area contributed by atoms with Crippen molar-refractivity contribution in [3.05, 3.63) is 29.3 Å². The normalized spacial score (nSPS) is 31.4. The van der Waals surface area contributed by atoms with Crippen LogP contribution in [0.15, 0.2) is 18.2 Å². The summed E-state index contributed by atoms with van der Waals surface area (Å²) in [6.45, 7) is 1.49. The minimum Gasteiger partial charge on any atom is -0.457 e. The van der Waals surface area contributed by atoms with Crippen molar-refractivity contribution in [1.82, 2.24) is 5.32 Å². The van der Waals surface area contributed by atoms with E-state index >= 15 is 0 Å². The molecular weight excluding hydrogens is 342 g/mol. The molecule has 5 heteroatoms. The van der Waals surface area contributed by atoms with Crippen molar-refractivity contribution in [2.75, 3.05) is 19.9 Å². The highest BCUT2D eigenvalue weighted by molar-refractivity contribution is 5.59. The summed E-state index contributed by atoms with van der Waals surface area (Å²) in [5.74, 6) is 2.08. The second-order valence-electron chi connectivity index (χ2n) is 8.75. The number of nitrogens with one attached hydrogen (secondary N) is 1. The molecule has 0 amide bonds. The molecule has 1 aromatic carbocycles. The average molecular weight is 371 g/mol. The lowest BCUT2D eigenvalue weighted by atomic mass is 9.53. The van der Waals surface area contributed by atoms with Crippen LogP contribution in [0.4, 0.5) is 4.79 Å². The van der Waals surface area contributed by atoms with Gasteiger partial charge in [-0.2, -0.15) is 0 Å². The molecule has 5 rings (SSSR count). The molecule has 146 valence electrons. The van der Waals surface area contributed by atoms with Crippen LogP contribution in [0.3, 0.4) is 0 Å². The lowest BCUT2D eigenvalue weighted by Gasteiger charge is -2.56. The van der Waals surface area contributed by atoms with Crippen LogP contribution in [-0.2, 0) is 21.3 Å². The van der Waals surface area contributed by atoms with E-state index in [1.165, 1.54) is 43.2 Å². The fourth-order valence-corrected chi connectivity index (χ4v) is 5.65. The second kappa shape index (κ2) is 7.01. The van der Waals surface area contributed by atoms with Gasteiger partial charge in [0.05, 0.1) is 6.61 Å². The lowest BCUT2D eigenvalue weighted by molar-refractivity contribution is 0.00261. The zero-order valence-electron chi connectivity index (χ0n) is 15.9. The number of hydrogen-bond acceptors (Lipinski definition) is 5. The fraction of sp³-hybridized carbons (Fsp3) is 0.682. The second-order valence-corrected chi connectivity index (χ2v) is 8.75. The summed E-state index contributed by atoms with van der Waals surface area (Å²) >= 11 is 0. The SMILES string of the molecule is O=C(OCOc1ccc2c(c1)[C@@]13CCCC[C@H]1[C@@H](C2)NCC3)OCC1CC1. The maximum absolute atomic E-state index is 11.6. The third-order valence-corrected chi connectivity index (χ3v) is 7.15. The van der Waals surface area contributed by atoms with Crippen molar-refractivity contribution in [2.24, 2.45) is 11.8 Å². The molecule has 1 N–H and O–H groups in total. The first-order chi connectivity index (χ1) is 13.2. The molecule has 2 bridgehead atoms. The van der Waals surface area contributed by atoms with Crippen LogP contribution in [0.1, 0.15) is 56.1 Å². The van der Waals surface area contributed by atoms with Crippen molar-refractivity contribution >= 4 is 6.16 Å².